The largest absolute Gasteiger partial charge is 0.381 e. The van der Waals surface area contributed by atoms with Crippen LogP contribution in [0, 0.1) is 5.92 Å². The van der Waals surface area contributed by atoms with Crippen molar-refractivity contribution in [1.29, 1.82) is 0 Å². The van der Waals surface area contributed by atoms with Crippen molar-refractivity contribution in [3.8, 4) is 0 Å². The molecular formula is C10H20ClNO3S. The van der Waals surface area contributed by atoms with Crippen molar-refractivity contribution >= 4 is 21.6 Å². The Morgan fingerprint density at radius 1 is 1.38 bits per heavy atom. The van der Waals surface area contributed by atoms with E-state index in [-0.39, 0.29) is 5.75 Å². The molecule has 0 bridgehead atoms. The number of hydrogen-bond donors (Lipinski definition) is 1. The van der Waals surface area contributed by atoms with Crippen LogP contribution in [0.4, 0.5) is 0 Å². The zero-order valence-electron chi connectivity index (χ0n) is 9.45. The second-order valence-corrected chi connectivity index (χ2v) is 6.43. The molecule has 0 aromatic heterocycles. The van der Waals surface area contributed by atoms with E-state index < -0.39 is 10.0 Å². The van der Waals surface area contributed by atoms with Crippen LogP contribution < -0.4 is 4.72 Å². The molecule has 0 saturated carbocycles. The van der Waals surface area contributed by atoms with Gasteiger partial charge in [-0.05, 0) is 31.6 Å². The summed E-state index contributed by atoms with van der Waals surface area (Å²) in [6, 6.07) is 0. The van der Waals surface area contributed by atoms with Crippen molar-refractivity contribution in [3.05, 3.63) is 0 Å². The van der Waals surface area contributed by atoms with Crippen LogP contribution in [0.5, 0.6) is 0 Å². The van der Waals surface area contributed by atoms with Crippen molar-refractivity contribution in [2.75, 3.05) is 31.4 Å². The Morgan fingerprint density at radius 2 is 2.19 bits per heavy atom. The third-order valence-corrected chi connectivity index (χ3v) is 4.43. The Balaban J connectivity index is 2.09. The van der Waals surface area contributed by atoms with Crippen LogP contribution >= 0.6 is 11.6 Å². The molecule has 0 spiro atoms. The number of halogens is 1. The Bertz CT molecular complexity index is 276. The number of unbranched alkanes of at least 4 members (excludes halogenated alkanes) is 1. The first kappa shape index (κ1) is 14.2. The third-order valence-electron chi connectivity index (χ3n) is 2.70. The van der Waals surface area contributed by atoms with Gasteiger partial charge in [0.05, 0.1) is 5.75 Å². The first-order valence-corrected chi connectivity index (χ1v) is 7.94. The molecule has 1 N–H and O–H groups in total. The van der Waals surface area contributed by atoms with Crippen LogP contribution in [0.3, 0.4) is 0 Å². The number of sulfonamides is 1. The lowest BCUT2D eigenvalue weighted by Crippen LogP contribution is -2.28. The van der Waals surface area contributed by atoms with Gasteiger partial charge in [-0.25, -0.2) is 13.1 Å². The molecule has 1 aliphatic heterocycles. The van der Waals surface area contributed by atoms with Crippen molar-refractivity contribution in [1.82, 2.24) is 4.72 Å². The van der Waals surface area contributed by atoms with Crippen molar-refractivity contribution in [2.45, 2.75) is 25.7 Å². The maximum atomic E-state index is 11.5. The Hall–Kier alpha value is 0.160. The third kappa shape index (κ3) is 6.03. The van der Waals surface area contributed by atoms with Crippen molar-refractivity contribution in [3.63, 3.8) is 0 Å². The first-order chi connectivity index (χ1) is 7.64. The molecule has 1 fully saturated rings. The van der Waals surface area contributed by atoms with E-state index in [1.54, 1.807) is 0 Å². The highest BCUT2D eigenvalue weighted by molar-refractivity contribution is 7.89. The van der Waals surface area contributed by atoms with E-state index in [1.165, 1.54) is 0 Å². The van der Waals surface area contributed by atoms with Gasteiger partial charge in [0.1, 0.15) is 0 Å². The van der Waals surface area contributed by atoms with E-state index in [1.807, 2.05) is 0 Å². The highest BCUT2D eigenvalue weighted by Gasteiger charge is 2.16. The van der Waals surface area contributed by atoms with Gasteiger partial charge in [-0.2, -0.15) is 0 Å². The van der Waals surface area contributed by atoms with Crippen LogP contribution in [0.1, 0.15) is 25.7 Å². The van der Waals surface area contributed by atoms with Gasteiger partial charge in [0.15, 0.2) is 0 Å². The van der Waals surface area contributed by atoms with Crippen LogP contribution in [0.25, 0.3) is 0 Å². The average Bonchev–Trinajstić information content (AvgIpc) is 2.70. The zero-order valence-corrected chi connectivity index (χ0v) is 11.0. The standard InChI is InChI=1S/C10H20ClNO3S/c11-5-1-2-8-16(13,14)12-6-3-10-4-7-15-9-10/h10,12H,1-9H2. The maximum Gasteiger partial charge on any atom is 0.211 e. The number of ether oxygens (including phenoxy) is 1. The summed E-state index contributed by atoms with van der Waals surface area (Å²) in [6.07, 6.45) is 3.30. The predicted octanol–water partition coefficient (Wildman–Crippen LogP) is 1.35. The molecule has 0 aromatic rings. The molecule has 0 aliphatic carbocycles. The molecule has 96 valence electrons. The second-order valence-electron chi connectivity index (χ2n) is 4.13. The van der Waals surface area contributed by atoms with E-state index in [0.717, 1.165) is 32.5 Å². The summed E-state index contributed by atoms with van der Waals surface area (Å²) in [5.41, 5.74) is 0. The summed E-state index contributed by atoms with van der Waals surface area (Å²) in [6.45, 7) is 2.11. The van der Waals surface area contributed by atoms with Gasteiger partial charge in [-0.3, -0.25) is 0 Å². The van der Waals surface area contributed by atoms with Gasteiger partial charge in [0.25, 0.3) is 0 Å². The summed E-state index contributed by atoms with van der Waals surface area (Å²) in [7, 11) is -3.09. The fourth-order valence-corrected chi connectivity index (χ4v) is 3.03. The van der Waals surface area contributed by atoms with Gasteiger partial charge in [-0.15, -0.1) is 11.6 Å². The van der Waals surface area contributed by atoms with Gasteiger partial charge < -0.3 is 4.74 Å². The number of hydrogen-bond acceptors (Lipinski definition) is 3. The molecule has 1 aliphatic rings. The fourth-order valence-electron chi connectivity index (χ4n) is 1.69. The van der Waals surface area contributed by atoms with E-state index in [4.69, 9.17) is 16.3 Å². The summed E-state index contributed by atoms with van der Waals surface area (Å²) in [5.74, 6) is 1.22. The highest BCUT2D eigenvalue weighted by Crippen LogP contribution is 2.15. The number of alkyl halides is 1. The molecule has 0 amide bonds. The SMILES string of the molecule is O=S(=O)(CCCCCl)NCCC1CCOC1. The predicted molar refractivity (Wildman–Crippen MR) is 65.3 cm³/mol. The molecular weight excluding hydrogens is 250 g/mol. The molecule has 1 saturated heterocycles. The Kier molecular flexibility index (Phi) is 6.65. The minimum Gasteiger partial charge on any atom is -0.381 e. The normalized spacial score (nSPS) is 21.4. The van der Waals surface area contributed by atoms with Gasteiger partial charge in [-0.1, -0.05) is 0 Å². The van der Waals surface area contributed by atoms with Gasteiger partial charge in [0, 0.05) is 25.6 Å². The summed E-state index contributed by atoms with van der Waals surface area (Å²) in [4.78, 5) is 0. The Morgan fingerprint density at radius 3 is 2.81 bits per heavy atom. The summed E-state index contributed by atoms with van der Waals surface area (Å²) < 4.78 is 30.8. The minimum atomic E-state index is -3.09. The molecule has 0 aromatic carbocycles. The van der Waals surface area contributed by atoms with E-state index >= 15 is 0 Å². The molecule has 1 heterocycles. The summed E-state index contributed by atoms with van der Waals surface area (Å²) >= 11 is 5.49. The molecule has 0 radical (unpaired) electrons. The maximum absolute atomic E-state index is 11.5. The quantitative estimate of drug-likeness (QED) is 0.535. The minimum absolute atomic E-state index is 0.181. The van der Waals surface area contributed by atoms with Crippen LogP contribution in [0.15, 0.2) is 0 Å². The summed E-state index contributed by atoms with van der Waals surface area (Å²) in [5, 5.41) is 0. The van der Waals surface area contributed by atoms with Crippen LogP contribution in [-0.4, -0.2) is 39.8 Å². The van der Waals surface area contributed by atoms with Crippen molar-refractivity contribution in [2.24, 2.45) is 5.92 Å². The lowest BCUT2D eigenvalue weighted by molar-refractivity contribution is 0.184. The topological polar surface area (TPSA) is 55.4 Å². The average molecular weight is 270 g/mol. The molecule has 6 heteroatoms. The first-order valence-electron chi connectivity index (χ1n) is 5.75. The zero-order chi connectivity index (χ0) is 11.9. The van der Waals surface area contributed by atoms with E-state index in [2.05, 4.69) is 4.72 Å². The fraction of sp³-hybridized carbons (Fsp3) is 1.00. The molecule has 16 heavy (non-hydrogen) atoms. The molecule has 1 atom stereocenters. The van der Waals surface area contributed by atoms with E-state index in [0.29, 0.717) is 24.8 Å². The smallest absolute Gasteiger partial charge is 0.211 e. The molecule has 1 unspecified atom stereocenters. The second kappa shape index (κ2) is 7.48. The number of rotatable bonds is 8. The molecule has 4 nitrogen and oxygen atoms in total. The highest BCUT2D eigenvalue weighted by atomic mass is 35.5. The lowest BCUT2D eigenvalue weighted by Gasteiger charge is -2.09. The van der Waals surface area contributed by atoms with E-state index in [9.17, 15) is 8.42 Å². The number of nitrogens with one attached hydrogen (secondary N) is 1. The van der Waals surface area contributed by atoms with Gasteiger partial charge in [0.2, 0.25) is 10.0 Å². The van der Waals surface area contributed by atoms with Crippen LogP contribution in [-0.2, 0) is 14.8 Å². The molecule has 1 rings (SSSR count). The van der Waals surface area contributed by atoms with Crippen molar-refractivity contribution < 1.29 is 13.2 Å². The van der Waals surface area contributed by atoms with Crippen LogP contribution in [0.2, 0.25) is 0 Å². The van der Waals surface area contributed by atoms with Gasteiger partial charge >= 0.3 is 0 Å². The lowest BCUT2D eigenvalue weighted by atomic mass is 10.1. The monoisotopic (exact) mass is 269 g/mol. The Labute approximate surface area is 103 Å².